The molecule has 7 heteroatoms. The van der Waals surface area contributed by atoms with E-state index in [1.54, 1.807) is 35.2 Å². The molecule has 0 aliphatic carbocycles. The zero-order valence-corrected chi connectivity index (χ0v) is 14.7. The topological polar surface area (TPSA) is 42.3 Å². The summed E-state index contributed by atoms with van der Waals surface area (Å²) in [7, 11) is -1.73. The molecule has 0 unspecified atom stereocenters. The molecule has 2 rings (SSSR count). The van der Waals surface area contributed by atoms with E-state index in [9.17, 15) is 8.42 Å². The first-order valence-electron chi connectivity index (χ1n) is 6.61. The molecule has 0 saturated heterocycles. The fraction of sp³-hybridized carbons (Fsp3) is 0.429. The molecule has 0 radical (unpaired) electrons. The summed E-state index contributed by atoms with van der Waals surface area (Å²) in [5.74, 6) is 0.290. The summed E-state index contributed by atoms with van der Waals surface area (Å²) in [6, 6.07) is 5.41. The van der Waals surface area contributed by atoms with Crippen LogP contribution in [0.5, 0.6) is 0 Å². The first kappa shape index (κ1) is 16.5. The maximum absolute atomic E-state index is 12.9. The highest BCUT2D eigenvalue weighted by Crippen LogP contribution is 2.24. The highest BCUT2D eigenvalue weighted by molar-refractivity contribution is 7.89. The van der Waals surface area contributed by atoms with Crippen LogP contribution in [-0.2, 0) is 29.5 Å². The molecule has 0 bridgehead atoms. The molecular weight excluding hydrogens is 328 g/mol. The minimum Gasteiger partial charge on any atom is -0.352 e. The van der Waals surface area contributed by atoms with Crippen LogP contribution in [0.2, 0.25) is 0 Å². The Morgan fingerprint density at radius 2 is 2.14 bits per heavy atom. The summed E-state index contributed by atoms with van der Waals surface area (Å²) in [5.41, 5.74) is 0.787. The maximum Gasteiger partial charge on any atom is 0.245 e. The van der Waals surface area contributed by atoms with Gasteiger partial charge in [-0.3, -0.25) is 0 Å². The second kappa shape index (κ2) is 6.52. The molecule has 0 aromatic carbocycles. The van der Waals surface area contributed by atoms with Gasteiger partial charge in [0.05, 0.1) is 5.88 Å². The van der Waals surface area contributed by atoms with E-state index < -0.39 is 10.0 Å². The molecule has 0 N–H and O–H groups in total. The molecule has 0 saturated carbocycles. The molecule has 0 aliphatic heterocycles. The van der Waals surface area contributed by atoms with E-state index in [1.165, 1.54) is 4.31 Å². The Kier molecular flexibility index (Phi) is 5.14. The van der Waals surface area contributed by atoms with Crippen molar-refractivity contribution < 1.29 is 8.42 Å². The van der Waals surface area contributed by atoms with E-state index in [-0.39, 0.29) is 6.04 Å². The lowest BCUT2D eigenvalue weighted by Gasteiger charge is -2.24. The van der Waals surface area contributed by atoms with Crippen molar-refractivity contribution in [1.82, 2.24) is 8.87 Å². The van der Waals surface area contributed by atoms with Gasteiger partial charge in [0.25, 0.3) is 0 Å². The van der Waals surface area contributed by atoms with Crippen molar-refractivity contribution in [1.29, 1.82) is 0 Å². The van der Waals surface area contributed by atoms with Gasteiger partial charge >= 0.3 is 0 Å². The number of sulfonamides is 1. The summed E-state index contributed by atoms with van der Waals surface area (Å²) >= 11 is 7.39. The smallest absolute Gasteiger partial charge is 0.245 e. The Morgan fingerprint density at radius 3 is 2.62 bits per heavy atom. The predicted octanol–water partition coefficient (Wildman–Crippen LogP) is 3.42. The molecule has 0 aliphatic rings. The van der Waals surface area contributed by atoms with E-state index in [1.807, 2.05) is 31.4 Å². The van der Waals surface area contributed by atoms with Gasteiger partial charge in [-0.15, -0.1) is 22.9 Å². The number of rotatable bonds is 6. The van der Waals surface area contributed by atoms with Gasteiger partial charge in [-0.05, 0) is 31.4 Å². The average molecular weight is 347 g/mol. The van der Waals surface area contributed by atoms with Crippen molar-refractivity contribution in [2.45, 2.75) is 37.2 Å². The maximum atomic E-state index is 12.9. The van der Waals surface area contributed by atoms with Crippen LogP contribution in [0.1, 0.15) is 24.4 Å². The quantitative estimate of drug-likeness (QED) is 0.752. The predicted molar refractivity (Wildman–Crippen MR) is 87.2 cm³/mol. The van der Waals surface area contributed by atoms with Gasteiger partial charge in [-0.2, -0.15) is 4.31 Å². The minimum atomic E-state index is -3.53. The lowest BCUT2D eigenvalue weighted by molar-refractivity contribution is 0.350. The van der Waals surface area contributed by atoms with Crippen molar-refractivity contribution in [3.8, 4) is 0 Å². The van der Waals surface area contributed by atoms with Gasteiger partial charge in [-0.25, -0.2) is 8.42 Å². The van der Waals surface area contributed by atoms with Crippen molar-refractivity contribution in [2.75, 3.05) is 0 Å². The van der Waals surface area contributed by atoms with Gasteiger partial charge in [0.2, 0.25) is 10.0 Å². The summed E-state index contributed by atoms with van der Waals surface area (Å²) in [4.78, 5) is 1.33. The normalized spacial score (nSPS) is 12.5. The highest BCUT2D eigenvalue weighted by Gasteiger charge is 2.28. The second-order valence-electron chi connectivity index (χ2n) is 5.14. The highest BCUT2D eigenvalue weighted by atomic mass is 35.5. The molecule has 116 valence electrons. The zero-order valence-electron chi connectivity index (χ0n) is 12.3. The largest absolute Gasteiger partial charge is 0.352 e. The number of thiophene rings is 1. The van der Waals surface area contributed by atoms with Crippen LogP contribution in [0, 0.1) is 0 Å². The van der Waals surface area contributed by atoms with Crippen LogP contribution in [0.3, 0.4) is 0 Å². The van der Waals surface area contributed by atoms with E-state index in [4.69, 9.17) is 11.6 Å². The minimum absolute atomic E-state index is 0.114. The van der Waals surface area contributed by atoms with Crippen LogP contribution in [0.15, 0.2) is 34.7 Å². The van der Waals surface area contributed by atoms with Crippen molar-refractivity contribution in [3.05, 3.63) is 40.3 Å². The van der Waals surface area contributed by atoms with Crippen molar-refractivity contribution >= 4 is 33.0 Å². The number of nitrogens with zero attached hydrogens (tertiary/aromatic N) is 2. The van der Waals surface area contributed by atoms with E-state index in [2.05, 4.69) is 0 Å². The number of hydrogen-bond acceptors (Lipinski definition) is 3. The lowest BCUT2D eigenvalue weighted by Crippen LogP contribution is -2.36. The first-order valence-corrected chi connectivity index (χ1v) is 9.47. The van der Waals surface area contributed by atoms with E-state index in [0.29, 0.717) is 17.3 Å². The van der Waals surface area contributed by atoms with Crippen LogP contribution < -0.4 is 0 Å². The third-order valence-electron chi connectivity index (χ3n) is 3.29. The molecule has 0 fully saturated rings. The van der Waals surface area contributed by atoms with Gasteiger partial charge in [-0.1, -0.05) is 6.07 Å². The zero-order chi connectivity index (χ0) is 15.6. The molecule has 2 heterocycles. The third kappa shape index (κ3) is 3.51. The molecule has 2 aromatic rings. The van der Waals surface area contributed by atoms with Gasteiger partial charge < -0.3 is 4.57 Å². The van der Waals surface area contributed by atoms with Gasteiger partial charge in [0, 0.05) is 36.4 Å². The van der Waals surface area contributed by atoms with Crippen molar-refractivity contribution in [3.63, 3.8) is 0 Å². The summed E-state index contributed by atoms with van der Waals surface area (Å²) in [5, 5.41) is 1.95. The van der Waals surface area contributed by atoms with Crippen LogP contribution >= 0.6 is 22.9 Å². The van der Waals surface area contributed by atoms with Gasteiger partial charge in [0.1, 0.15) is 4.90 Å². The lowest BCUT2D eigenvalue weighted by atomic mass is 10.4. The number of hydrogen-bond donors (Lipinski definition) is 0. The molecule has 2 aromatic heterocycles. The van der Waals surface area contributed by atoms with Crippen LogP contribution in [-0.4, -0.2) is 23.3 Å². The molecule has 0 spiro atoms. The summed E-state index contributed by atoms with van der Waals surface area (Å²) < 4.78 is 29.0. The standard InChI is InChI=1S/C14H19ClN2O2S2/c1-11(2)17(9-13-5-4-6-20-13)21(18,19)14-7-12(8-15)16(3)10-14/h4-7,10-11H,8-9H2,1-3H3. The Balaban J connectivity index is 2.37. The molecule has 0 amide bonds. The molecule has 21 heavy (non-hydrogen) atoms. The van der Waals surface area contributed by atoms with Crippen LogP contribution in [0.4, 0.5) is 0 Å². The number of halogens is 1. The fourth-order valence-corrected chi connectivity index (χ4v) is 4.85. The SMILES string of the molecule is CC(C)N(Cc1cccs1)S(=O)(=O)c1cc(CCl)n(C)c1. The fourth-order valence-electron chi connectivity index (χ4n) is 2.09. The Labute approximate surface area is 135 Å². The Morgan fingerprint density at radius 1 is 1.43 bits per heavy atom. The number of alkyl halides is 1. The number of aromatic nitrogens is 1. The van der Waals surface area contributed by atoms with Gasteiger partial charge in [0.15, 0.2) is 0 Å². The van der Waals surface area contributed by atoms with E-state index >= 15 is 0 Å². The second-order valence-corrected chi connectivity index (χ2v) is 8.33. The van der Waals surface area contributed by atoms with E-state index in [0.717, 1.165) is 10.6 Å². The monoisotopic (exact) mass is 346 g/mol. The average Bonchev–Trinajstić information content (AvgIpc) is 3.04. The molecule has 0 atom stereocenters. The molecular formula is C14H19ClN2O2S2. The summed E-state index contributed by atoms with van der Waals surface area (Å²) in [6.07, 6.45) is 1.62. The first-order chi connectivity index (χ1) is 9.86. The Bertz CT molecular complexity index is 691. The summed E-state index contributed by atoms with van der Waals surface area (Å²) in [6.45, 7) is 4.16. The Hall–Kier alpha value is -0.820. The van der Waals surface area contributed by atoms with Crippen molar-refractivity contribution in [2.24, 2.45) is 7.05 Å². The third-order valence-corrected chi connectivity index (χ3v) is 6.42. The number of aryl methyl sites for hydroxylation is 1. The van der Waals surface area contributed by atoms with Crippen LogP contribution in [0.25, 0.3) is 0 Å². The molecule has 4 nitrogen and oxygen atoms in total.